The van der Waals surface area contributed by atoms with Crippen LogP contribution in [0.3, 0.4) is 0 Å². The molecule has 1 aliphatic rings. The molecule has 0 aliphatic carbocycles. The van der Waals surface area contributed by atoms with Crippen molar-refractivity contribution in [3.05, 3.63) is 71.8 Å². The summed E-state index contributed by atoms with van der Waals surface area (Å²) < 4.78 is 38.8. The fourth-order valence-corrected chi connectivity index (χ4v) is 4.59. The van der Waals surface area contributed by atoms with E-state index in [4.69, 9.17) is 9.47 Å². The van der Waals surface area contributed by atoms with Crippen LogP contribution in [0.1, 0.15) is 11.1 Å². The third-order valence-corrected chi connectivity index (χ3v) is 6.73. The summed E-state index contributed by atoms with van der Waals surface area (Å²) in [6.07, 6.45) is 0. The zero-order valence-electron chi connectivity index (χ0n) is 17.0. The maximum Gasteiger partial charge on any atom is 0.240 e. The minimum Gasteiger partial charge on any atom is -0.497 e. The first kappa shape index (κ1) is 20.8. The number of methoxy groups -OCH3 is 1. The Bertz CT molecular complexity index is 1110. The second-order valence-corrected chi connectivity index (χ2v) is 9.17. The molecule has 30 heavy (non-hydrogen) atoms. The largest absolute Gasteiger partial charge is 0.497 e. The predicted molar refractivity (Wildman–Crippen MR) is 117 cm³/mol. The lowest BCUT2D eigenvalue weighted by Gasteiger charge is -2.26. The summed E-state index contributed by atoms with van der Waals surface area (Å²) >= 11 is 0. The predicted octanol–water partition coefficient (Wildman–Crippen LogP) is 3.16. The third-order valence-electron chi connectivity index (χ3n) is 5.33. The zero-order chi connectivity index (χ0) is 21.0. The molecule has 1 fully saturated rings. The summed E-state index contributed by atoms with van der Waals surface area (Å²) in [4.78, 5) is 2.61. The van der Waals surface area contributed by atoms with Crippen molar-refractivity contribution >= 4 is 20.8 Å². The highest BCUT2D eigenvalue weighted by atomic mass is 32.2. The Balaban J connectivity index is 1.40. The van der Waals surface area contributed by atoms with Crippen LogP contribution in [0.25, 0.3) is 10.8 Å². The van der Waals surface area contributed by atoms with Crippen molar-refractivity contribution < 1.29 is 17.9 Å². The van der Waals surface area contributed by atoms with Crippen LogP contribution in [0.4, 0.5) is 0 Å². The highest BCUT2D eigenvalue weighted by Crippen LogP contribution is 2.23. The van der Waals surface area contributed by atoms with Gasteiger partial charge in [-0.3, -0.25) is 4.90 Å². The highest BCUT2D eigenvalue weighted by molar-refractivity contribution is 7.89. The molecule has 0 radical (unpaired) electrons. The summed E-state index contributed by atoms with van der Waals surface area (Å²) in [5, 5.41) is 1.79. The van der Waals surface area contributed by atoms with Gasteiger partial charge in [-0.05, 0) is 46.2 Å². The average molecular weight is 427 g/mol. The van der Waals surface area contributed by atoms with Gasteiger partial charge in [0.15, 0.2) is 0 Å². The van der Waals surface area contributed by atoms with Gasteiger partial charge in [-0.1, -0.05) is 36.4 Å². The van der Waals surface area contributed by atoms with Crippen LogP contribution < -0.4 is 9.46 Å². The molecule has 4 rings (SSSR count). The van der Waals surface area contributed by atoms with Crippen LogP contribution in [0, 0.1) is 0 Å². The van der Waals surface area contributed by atoms with Gasteiger partial charge in [-0.15, -0.1) is 0 Å². The first-order valence-electron chi connectivity index (χ1n) is 9.99. The summed E-state index contributed by atoms with van der Waals surface area (Å²) in [6, 6.07) is 18.7. The molecule has 0 saturated carbocycles. The second kappa shape index (κ2) is 9.14. The molecule has 0 atom stereocenters. The van der Waals surface area contributed by atoms with Gasteiger partial charge in [0.25, 0.3) is 0 Å². The van der Waals surface area contributed by atoms with Gasteiger partial charge in [0.05, 0.1) is 25.2 Å². The number of nitrogens with zero attached hydrogens (tertiary/aromatic N) is 1. The molecule has 1 saturated heterocycles. The van der Waals surface area contributed by atoms with Crippen molar-refractivity contribution in [2.75, 3.05) is 33.4 Å². The number of morpholine rings is 1. The first-order valence-corrected chi connectivity index (χ1v) is 11.5. The van der Waals surface area contributed by atoms with Gasteiger partial charge in [-0.2, -0.15) is 0 Å². The summed E-state index contributed by atoms with van der Waals surface area (Å²) in [7, 11) is -1.99. The lowest BCUT2D eigenvalue weighted by Crippen LogP contribution is -2.35. The monoisotopic (exact) mass is 426 g/mol. The molecule has 0 aromatic heterocycles. The third kappa shape index (κ3) is 4.99. The summed E-state index contributed by atoms with van der Waals surface area (Å²) in [5.74, 6) is 0.744. The highest BCUT2D eigenvalue weighted by Gasteiger charge is 2.15. The summed E-state index contributed by atoms with van der Waals surface area (Å²) in [5.41, 5.74) is 2.14. The van der Waals surface area contributed by atoms with E-state index in [1.165, 1.54) is 5.56 Å². The smallest absolute Gasteiger partial charge is 0.240 e. The van der Waals surface area contributed by atoms with E-state index >= 15 is 0 Å². The molecule has 6 nitrogen and oxygen atoms in total. The normalized spacial score (nSPS) is 15.4. The molecule has 0 bridgehead atoms. The van der Waals surface area contributed by atoms with Crippen molar-refractivity contribution in [2.45, 2.75) is 18.0 Å². The average Bonchev–Trinajstić information content (AvgIpc) is 2.78. The molecule has 7 heteroatoms. The number of nitrogens with one attached hydrogen (secondary N) is 1. The number of hydrogen-bond acceptors (Lipinski definition) is 5. The van der Waals surface area contributed by atoms with Gasteiger partial charge in [-0.25, -0.2) is 13.1 Å². The number of hydrogen-bond donors (Lipinski definition) is 1. The number of sulfonamides is 1. The van der Waals surface area contributed by atoms with Crippen LogP contribution in [0.15, 0.2) is 65.6 Å². The molecule has 3 aromatic carbocycles. The van der Waals surface area contributed by atoms with E-state index in [0.29, 0.717) is 0 Å². The van der Waals surface area contributed by atoms with Crippen molar-refractivity contribution in [2.24, 2.45) is 0 Å². The van der Waals surface area contributed by atoms with Crippen LogP contribution in [0.2, 0.25) is 0 Å². The first-order chi connectivity index (χ1) is 14.5. The van der Waals surface area contributed by atoms with Gasteiger partial charge >= 0.3 is 0 Å². The van der Waals surface area contributed by atoms with Crippen LogP contribution in [-0.2, 0) is 27.8 Å². The zero-order valence-corrected chi connectivity index (χ0v) is 17.8. The van der Waals surface area contributed by atoms with E-state index < -0.39 is 10.0 Å². The van der Waals surface area contributed by atoms with E-state index in [9.17, 15) is 8.42 Å². The lowest BCUT2D eigenvalue weighted by molar-refractivity contribution is 0.0342. The van der Waals surface area contributed by atoms with Gasteiger partial charge < -0.3 is 9.47 Å². The standard InChI is InChI=1S/C23H26N2O4S/c1-28-22-8-6-21-15-23(9-7-20(21)14-22)30(26,27)24-16-18-2-4-19(5-3-18)17-25-10-12-29-13-11-25/h2-9,14-15,24H,10-13,16-17H2,1H3. The minimum atomic E-state index is -3.60. The Morgan fingerprint density at radius 1 is 0.933 bits per heavy atom. The molecule has 0 unspecified atom stereocenters. The summed E-state index contributed by atoms with van der Waals surface area (Å²) in [6.45, 7) is 4.59. The Morgan fingerprint density at radius 2 is 1.60 bits per heavy atom. The SMILES string of the molecule is COc1ccc2cc(S(=O)(=O)NCc3ccc(CN4CCOCC4)cc3)ccc2c1. The van der Waals surface area contributed by atoms with Crippen LogP contribution in [-0.4, -0.2) is 46.7 Å². The van der Waals surface area contributed by atoms with Gasteiger partial charge in [0.1, 0.15) is 5.75 Å². The maximum atomic E-state index is 12.7. The number of benzene rings is 3. The lowest BCUT2D eigenvalue weighted by atomic mass is 10.1. The van der Waals surface area contributed by atoms with Crippen LogP contribution in [0.5, 0.6) is 5.75 Å². The Morgan fingerprint density at radius 3 is 2.33 bits per heavy atom. The van der Waals surface area contributed by atoms with Crippen LogP contribution >= 0.6 is 0 Å². The molecular formula is C23H26N2O4S. The number of ether oxygens (including phenoxy) is 2. The molecule has 0 amide bonds. The minimum absolute atomic E-state index is 0.251. The molecule has 3 aromatic rings. The van der Waals surface area contributed by atoms with E-state index in [1.807, 2.05) is 30.3 Å². The molecule has 1 aliphatic heterocycles. The number of rotatable bonds is 7. The quantitative estimate of drug-likeness (QED) is 0.629. The van der Waals surface area contributed by atoms with Crippen molar-refractivity contribution in [1.82, 2.24) is 9.62 Å². The van der Waals surface area contributed by atoms with E-state index in [-0.39, 0.29) is 11.4 Å². The number of fused-ring (bicyclic) bond motifs is 1. The Hall–Kier alpha value is -2.45. The van der Waals surface area contributed by atoms with E-state index in [0.717, 1.165) is 54.9 Å². The van der Waals surface area contributed by atoms with Crippen molar-refractivity contribution in [1.29, 1.82) is 0 Å². The Kier molecular flexibility index (Phi) is 6.34. The second-order valence-electron chi connectivity index (χ2n) is 7.40. The van der Waals surface area contributed by atoms with Gasteiger partial charge in [0, 0.05) is 26.2 Å². The maximum absolute atomic E-state index is 12.7. The topological polar surface area (TPSA) is 67.9 Å². The van der Waals surface area contributed by atoms with Crippen molar-refractivity contribution in [3.63, 3.8) is 0 Å². The molecule has 0 spiro atoms. The fraction of sp³-hybridized carbons (Fsp3) is 0.304. The molecule has 1 N–H and O–H groups in total. The van der Waals surface area contributed by atoms with E-state index in [1.54, 1.807) is 25.3 Å². The Labute approximate surface area is 177 Å². The fourth-order valence-electron chi connectivity index (χ4n) is 3.54. The van der Waals surface area contributed by atoms with Crippen molar-refractivity contribution in [3.8, 4) is 5.75 Å². The molecular weight excluding hydrogens is 400 g/mol. The van der Waals surface area contributed by atoms with E-state index in [2.05, 4.69) is 21.8 Å². The molecule has 158 valence electrons. The molecule has 1 heterocycles. The van der Waals surface area contributed by atoms with Gasteiger partial charge in [0.2, 0.25) is 10.0 Å².